The highest BCUT2D eigenvalue weighted by Gasteiger charge is 2.33. The van der Waals surface area contributed by atoms with Gasteiger partial charge in [-0.25, -0.2) is 4.79 Å². The molecular formula is C26H26ClN4O3P. The van der Waals surface area contributed by atoms with Crippen molar-refractivity contribution in [3.8, 4) is 0 Å². The summed E-state index contributed by atoms with van der Waals surface area (Å²) in [7, 11) is 2.75. The van der Waals surface area contributed by atoms with Crippen molar-refractivity contribution in [2.45, 2.75) is 51.0 Å². The van der Waals surface area contributed by atoms with Crippen molar-refractivity contribution in [1.82, 2.24) is 5.06 Å². The maximum atomic E-state index is 12.9. The maximum Gasteiger partial charge on any atom is 0.335 e. The van der Waals surface area contributed by atoms with Crippen molar-refractivity contribution in [2.75, 3.05) is 6.54 Å². The van der Waals surface area contributed by atoms with Crippen LogP contribution in [0.25, 0.3) is 0 Å². The fourth-order valence-corrected chi connectivity index (χ4v) is 5.20. The zero-order valence-corrected chi connectivity index (χ0v) is 21.3. The van der Waals surface area contributed by atoms with Crippen molar-refractivity contribution in [3.63, 3.8) is 0 Å². The standard InChI is InChI=1S/C26H26ClN4O3P/c1-15-11-17-12-23(30-29-15)22(14-25(33)34-31-10-2-3-24(31)32)28-26(16-4-6-18(27)7-5-16)21-13-19(35)8-9-20(17)21/h4-9,13,17,22H,2-3,10-12,14,35H2,1H3. The van der Waals surface area contributed by atoms with Crippen LogP contribution in [0.2, 0.25) is 5.02 Å². The first-order chi connectivity index (χ1) is 16.9. The maximum absolute atomic E-state index is 12.9. The van der Waals surface area contributed by atoms with Gasteiger partial charge >= 0.3 is 5.97 Å². The van der Waals surface area contributed by atoms with Gasteiger partial charge in [-0.1, -0.05) is 35.9 Å². The minimum absolute atomic E-state index is 0.0309. The topological polar surface area (TPSA) is 83.7 Å². The number of rotatable bonds is 4. The molecule has 0 N–H and O–H groups in total. The van der Waals surface area contributed by atoms with Crippen LogP contribution in [-0.2, 0) is 14.4 Å². The Balaban J connectivity index is 1.61. The monoisotopic (exact) mass is 508 g/mol. The quantitative estimate of drug-likeness (QED) is 0.579. The van der Waals surface area contributed by atoms with E-state index in [-0.39, 0.29) is 18.2 Å². The van der Waals surface area contributed by atoms with E-state index in [4.69, 9.17) is 21.4 Å². The first-order valence-corrected chi connectivity index (χ1v) is 12.7. The number of benzene rings is 2. The number of amides is 1. The van der Waals surface area contributed by atoms with Gasteiger partial charge in [-0.2, -0.15) is 15.3 Å². The van der Waals surface area contributed by atoms with Gasteiger partial charge in [0.15, 0.2) is 0 Å². The van der Waals surface area contributed by atoms with E-state index in [0.29, 0.717) is 30.8 Å². The summed E-state index contributed by atoms with van der Waals surface area (Å²) in [6, 6.07) is 13.3. The molecule has 180 valence electrons. The molecule has 1 saturated heterocycles. The predicted molar refractivity (Wildman–Crippen MR) is 141 cm³/mol. The number of aliphatic imine (C=N–C) groups is 1. The molecule has 0 radical (unpaired) electrons. The third-order valence-corrected chi connectivity index (χ3v) is 7.12. The van der Waals surface area contributed by atoms with E-state index in [1.165, 1.54) is 5.56 Å². The van der Waals surface area contributed by atoms with Crippen molar-refractivity contribution in [2.24, 2.45) is 15.2 Å². The van der Waals surface area contributed by atoms with Crippen LogP contribution < -0.4 is 5.30 Å². The van der Waals surface area contributed by atoms with E-state index >= 15 is 0 Å². The minimum Gasteiger partial charge on any atom is -0.338 e. The third kappa shape index (κ3) is 5.21. The van der Waals surface area contributed by atoms with Crippen LogP contribution in [0.5, 0.6) is 0 Å². The predicted octanol–water partition coefficient (Wildman–Crippen LogP) is 4.23. The number of hydrogen-bond donors (Lipinski definition) is 0. The summed E-state index contributed by atoms with van der Waals surface area (Å²) in [5.41, 5.74) is 5.54. The number of carbonyl (C=O) groups is 2. The Bertz CT molecular complexity index is 1270. The molecule has 0 spiro atoms. The number of carbonyl (C=O) groups excluding carboxylic acids is 2. The average Bonchev–Trinajstić information content (AvgIpc) is 3.11. The van der Waals surface area contributed by atoms with E-state index in [1.54, 1.807) is 0 Å². The van der Waals surface area contributed by atoms with Gasteiger partial charge in [0.25, 0.3) is 5.91 Å². The van der Waals surface area contributed by atoms with E-state index in [2.05, 4.69) is 37.6 Å². The molecule has 2 bridgehead atoms. The molecule has 2 aromatic rings. The van der Waals surface area contributed by atoms with Gasteiger partial charge < -0.3 is 4.84 Å². The average molecular weight is 509 g/mol. The van der Waals surface area contributed by atoms with Gasteiger partial charge in [0.05, 0.1) is 24.4 Å². The minimum atomic E-state index is -0.565. The first-order valence-electron chi connectivity index (χ1n) is 11.7. The fourth-order valence-electron chi connectivity index (χ4n) is 4.81. The van der Waals surface area contributed by atoms with E-state index < -0.39 is 12.0 Å². The number of nitrogens with zero attached hydrogens (tertiary/aromatic N) is 4. The second-order valence-electron chi connectivity index (χ2n) is 9.15. The van der Waals surface area contributed by atoms with Gasteiger partial charge in [-0.3, -0.25) is 9.79 Å². The van der Waals surface area contributed by atoms with Crippen molar-refractivity contribution in [3.05, 3.63) is 64.2 Å². The summed E-state index contributed by atoms with van der Waals surface area (Å²) in [5, 5.41) is 11.8. The van der Waals surface area contributed by atoms with Crippen LogP contribution in [0.4, 0.5) is 0 Å². The van der Waals surface area contributed by atoms with Gasteiger partial charge in [-0.15, -0.1) is 9.24 Å². The Labute approximate surface area is 211 Å². The molecule has 1 amide bonds. The summed E-state index contributed by atoms with van der Waals surface area (Å²) < 4.78 is 0. The Morgan fingerprint density at radius 1 is 1.17 bits per heavy atom. The number of hydrogen-bond acceptors (Lipinski definition) is 6. The second-order valence-corrected chi connectivity index (χ2v) is 10.2. The van der Waals surface area contributed by atoms with Crippen LogP contribution in [0.3, 0.4) is 0 Å². The molecular weight excluding hydrogens is 483 g/mol. The second kappa shape index (κ2) is 10.00. The fraction of sp³-hybridized carbons (Fsp3) is 0.346. The zero-order chi connectivity index (χ0) is 24.5. The molecule has 0 saturated carbocycles. The number of fused-ring (bicyclic) bond motifs is 4. The van der Waals surface area contributed by atoms with E-state index in [0.717, 1.165) is 45.1 Å². The van der Waals surface area contributed by atoms with Crippen molar-refractivity contribution in [1.29, 1.82) is 0 Å². The largest absolute Gasteiger partial charge is 0.338 e. The first kappa shape index (κ1) is 23.8. The number of halogens is 1. The molecule has 5 rings (SSSR count). The highest BCUT2D eigenvalue weighted by Crippen LogP contribution is 2.34. The van der Waals surface area contributed by atoms with Gasteiger partial charge in [-0.05, 0) is 61.2 Å². The molecule has 3 aliphatic heterocycles. The lowest BCUT2D eigenvalue weighted by Gasteiger charge is -2.27. The smallest absolute Gasteiger partial charge is 0.335 e. The van der Waals surface area contributed by atoms with Crippen molar-refractivity contribution >= 4 is 55.2 Å². The number of hydroxylamine groups is 2. The normalized spacial score (nSPS) is 21.7. The molecule has 0 aliphatic carbocycles. The van der Waals surface area contributed by atoms with Crippen LogP contribution in [-0.4, -0.2) is 46.7 Å². The van der Waals surface area contributed by atoms with Crippen LogP contribution in [0, 0.1) is 0 Å². The molecule has 35 heavy (non-hydrogen) atoms. The summed E-state index contributed by atoms with van der Waals surface area (Å²) >= 11 is 6.17. The van der Waals surface area contributed by atoms with Gasteiger partial charge in [0.2, 0.25) is 0 Å². The molecule has 3 heterocycles. The van der Waals surface area contributed by atoms with E-state index in [9.17, 15) is 9.59 Å². The van der Waals surface area contributed by atoms with Crippen LogP contribution in [0.1, 0.15) is 61.6 Å². The summed E-state index contributed by atoms with van der Waals surface area (Å²) in [4.78, 5) is 35.4. The van der Waals surface area contributed by atoms with Gasteiger partial charge in [0, 0.05) is 28.3 Å². The lowest BCUT2D eigenvalue weighted by molar-refractivity contribution is -0.192. The zero-order valence-electron chi connectivity index (χ0n) is 19.4. The molecule has 3 aliphatic rings. The SMILES string of the molecule is CC1=NN=C2CC(C1)c1ccc(P)cc1C(c1ccc(Cl)cc1)=NC2CC(=O)ON1CCCC1=O. The molecule has 9 heteroatoms. The third-order valence-electron chi connectivity index (χ3n) is 6.51. The summed E-state index contributed by atoms with van der Waals surface area (Å²) in [6.07, 6.45) is 2.46. The van der Waals surface area contributed by atoms with Crippen LogP contribution >= 0.6 is 20.8 Å². The van der Waals surface area contributed by atoms with Crippen LogP contribution in [0.15, 0.2) is 57.7 Å². The molecule has 1 fully saturated rings. The Morgan fingerprint density at radius 2 is 1.97 bits per heavy atom. The lowest BCUT2D eigenvalue weighted by Crippen LogP contribution is -2.33. The van der Waals surface area contributed by atoms with E-state index in [1.807, 2.05) is 31.2 Å². The Morgan fingerprint density at radius 3 is 2.71 bits per heavy atom. The molecule has 3 unspecified atom stereocenters. The highest BCUT2D eigenvalue weighted by atomic mass is 35.5. The van der Waals surface area contributed by atoms with Gasteiger partial charge in [0.1, 0.15) is 6.04 Å². The summed E-state index contributed by atoms with van der Waals surface area (Å²) in [6.45, 7) is 2.40. The Hall–Kier alpha value is -2.89. The highest BCUT2D eigenvalue weighted by molar-refractivity contribution is 7.27. The summed E-state index contributed by atoms with van der Waals surface area (Å²) in [5.74, 6) is -0.526. The van der Waals surface area contributed by atoms with Crippen molar-refractivity contribution < 1.29 is 14.4 Å². The molecule has 0 aromatic heterocycles. The molecule has 2 aromatic carbocycles. The molecule has 3 atom stereocenters. The molecule has 7 nitrogen and oxygen atoms in total. The lowest BCUT2D eigenvalue weighted by atomic mass is 9.81. The Kier molecular flexibility index (Phi) is 6.81.